The van der Waals surface area contributed by atoms with Crippen LogP contribution in [0.25, 0.3) is 0 Å². The third-order valence-corrected chi connectivity index (χ3v) is 2.48. The van der Waals surface area contributed by atoms with Gasteiger partial charge in [-0.3, -0.25) is 0 Å². The van der Waals surface area contributed by atoms with Crippen molar-refractivity contribution in [3.63, 3.8) is 0 Å². The average Bonchev–Trinajstić information content (AvgIpc) is 2.33. The van der Waals surface area contributed by atoms with Gasteiger partial charge in [0.15, 0.2) is 0 Å². The van der Waals surface area contributed by atoms with Crippen LogP contribution in [-0.2, 0) is 4.74 Å². The van der Waals surface area contributed by atoms with E-state index in [0.717, 1.165) is 17.7 Å². The highest BCUT2D eigenvalue weighted by Crippen LogP contribution is 2.25. The molecule has 0 aromatic heterocycles. The molecule has 1 atom stereocenters. The first-order chi connectivity index (χ1) is 8.44. The van der Waals surface area contributed by atoms with Crippen LogP contribution in [-0.4, -0.2) is 18.8 Å². The van der Waals surface area contributed by atoms with Crippen molar-refractivity contribution >= 4 is 0 Å². The van der Waals surface area contributed by atoms with Crippen LogP contribution in [0.1, 0.15) is 45.7 Å². The summed E-state index contributed by atoms with van der Waals surface area (Å²) in [5.41, 5.74) is 7.01. The van der Waals surface area contributed by atoms with Gasteiger partial charge in [-0.2, -0.15) is 0 Å². The number of benzene rings is 1. The standard InChI is InChI=1S/C15H25NO2/c1-5-10-17-14-9-7-6-8-12(14)13(16)11-18-15(2,3)4/h6-9,13H,5,10-11,16H2,1-4H3. The van der Waals surface area contributed by atoms with Gasteiger partial charge in [0.25, 0.3) is 0 Å². The molecule has 0 saturated heterocycles. The van der Waals surface area contributed by atoms with E-state index in [0.29, 0.717) is 13.2 Å². The summed E-state index contributed by atoms with van der Waals surface area (Å²) in [6, 6.07) is 7.75. The van der Waals surface area contributed by atoms with Crippen molar-refractivity contribution < 1.29 is 9.47 Å². The molecule has 0 spiro atoms. The fraction of sp³-hybridized carbons (Fsp3) is 0.600. The van der Waals surface area contributed by atoms with Crippen molar-refractivity contribution in [3.8, 4) is 5.75 Å². The molecule has 0 aliphatic rings. The molecular formula is C15H25NO2. The molecule has 1 aromatic rings. The van der Waals surface area contributed by atoms with Crippen molar-refractivity contribution in [1.29, 1.82) is 0 Å². The maximum Gasteiger partial charge on any atom is 0.124 e. The number of hydrogen-bond acceptors (Lipinski definition) is 3. The zero-order valence-corrected chi connectivity index (χ0v) is 11.9. The highest BCUT2D eigenvalue weighted by Gasteiger charge is 2.16. The van der Waals surface area contributed by atoms with Crippen LogP contribution < -0.4 is 10.5 Å². The maximum atomic E-state index is 6.17. The highest BCUT2D eigenvalue weighted by molar-refractivity contribution is 5.35. The Morgan fingerprint density at radius 1 is 1.22 bits per heavy atom. The smallest absolute Gasteiger partial charge is 0.124 e. The predicted octanol–water partition coefficient (Wildman–Crippen LogP) is 3.29. The first-order valence-electron chi connectivity index (χ1n) is 6.55. The Kier molecular flexibility index (Phi) is 5.63. The quantitative estimate of drug-likeness (QED) is 0.843. The van der Waals surface area contributed by atoms with Gasteiger partial charge in [0.05, 0.1) is 24.9 Å². The van der Waals surface area contributed by atoms with Gasteiger partial charge in [-0.15, -0.1) is 0 Å². The zero-order valence-electron chi connectivity index (χ0n) is 11.9. The Morgan fingerprint density at radius 3 is 2.50 bits per heavy atom. The molecule has 0 saturated carbocycles. The van der Waals surface area contributed by atoms with Gasteiger partial charge in [0.2, 0.25) is 0 Å². The van der Waals surface area contributed by atoms with E-state index in [1.165, 1.54) is 0 Å². The molecule has 0 fully saturated rings. The third-order valence-electron chi connectivity index (χ3n) is 2.48. The van der Waals surface area contributed by atoms with Gasteiger partial charge in [0.1, 0.15) is 5.75 Å². The minimum absolute atomic E-state index is 0.155. The van der Waals surface area contributed by atoms with Gasteiger partial charge in [-0.05, 0) is 33.3 Å². The molecule has 0 aliphatic heterocycles. The lowest BCUT2D eigenvalue weighted by molar-refractivity contribution is -0.0105. The fourth-order valence-electron chi connectivity index (χ4n) is 1.56. The Bertz CT molecular complexity index is 358. The largest absolute Gasteiger partial charge is 0.493 e. The van der Waals surface area contributed by atoms with Crippen molar-refractivity contribution in [1.82, 2.24) is 0 Å². The number of nitrogens with two attached hydrogens (primary N) is 1. The number of hydrogen-bond donors (Lipinski definition) is 1. The van der Waals surface area contributed by atoms with E-state index in [2.05, 4.69) is 6.92 Å². The van der Waals surface area contributed by atoms with Crippen LogP contribution in [0.3, 0.4) is 0 Å². The lowest BCUT2D eigenvalue weighted by Gasteiger charge is -2.23. The Labute approximate surface area is 110 Å². The second-order valence-electron chi connectivity index (χ2n) is 5.42. The van der Waals surface area contributed by atoms with Crippen molar-refractivity contribution in [3.05, 3.63) is 29.8 Å². The predicted molar refractivity (Wildman–Crippen MR) is 74.9 cm³/mol. The third kappa shape index (κ3) is 5.07. The summed E-state index contributed by atoms with van der Waals surface area (Å²) in [5.74, 6) is 0.865. The van der Waals surface area contributed by atoms with Crippen LogP contribution in [0.4, 0.5) is 0 Å². The summed E-state index contributed by atoms with van der Waals surface area (Å²) < 4.78 is 11.4. The lowest BCUT2D eigenvalue weighted by Crippen LogP contribution is -2.26. The number of ether oxygens (including phenoxy) is 2. The summed E-state index contributed by atoms with van der Waals surface area (Å²) in [7, 11) is 0. The molecule has 1 aromatic carbocycles. The minimum Gasteiger partial charge on any atom is -0.493 e. The first kappa shape index (κ1) is 15.0. The van der Waals surface area contributed by atoms with Gasteiger partial charge >= 0.3 is 0 Å². The van der Waals surface area contributed by atoms with Crippen LogP contribution >= 0.6 is 0 Å². The van der Waals surface area contributed by atoms with E-state index in [4.69, 9.17) is 15.2 Å². The summed E-state index contributed by atoms with van der Waals surface area (Å²) >= 11 is 0. The fourth-order valence-corrected chi connectivity index (χ4v) is 1.56. The first-order valence-corrected chi connectivity index (χ1v) is 6.55. The molecule has 0 amide bonds. The second-order valence-corrected chi connectivity index (χ2v) is 5.42. The average molecular weight is 251 g/mol. The van der Waals surface area contributed by atoms with E-state index >= 15 is 0 Å². The number of rotatable bonds is 6. The van der Waals surface area contributed by atoms with Crippen molar-refractivity contribution in [2.45, 2.75) is 45.8 Å². The van der Waals surface area contributed by atoms with Gasteiger partial charge < -0.3 is 15.2 Å². The monoisotopic (exact) mass is 251 g/mol. The highest BCUT2D eigenvalue weighted by atomic mass is 16.5. The summed E-state index contributed by atoms with van der Waals surface area (Å²) in [4.78, 5) is 0. The number of para-hydroxylation sites is 1. The van der Waals surface area contributed by atoms with Crippen LogP contribution in [0.5, 0.6) is 5.75 Å². The molecule has 0 heterocycles. The lowest BCUT2D eigenvalue weighted by atomic mass is 10.1. The molecule has 0 bridgehead atoms. The molecule has 0 aliphatic carbocycles. The SMILES string of the molecule is CCCOc1ccccc1C(N)COC(C)(C)C. The second kappa shape index (κ2) is 6.76. The van der Waals surface area contributed by atoms with Crippen molar-refractivity contribution in [2.75, 3.05) is 13.2 Å². The molecule has 0 radical (unpaired) electrons. The summed E-state index contributed by atoms with van der Waals surface area (Å²) in [6.45, 7) is 9.38. The molecule has 3 nitrogen and oxygen atoms in total. The summed E-state index contributed by atoms with van der Waals surface area (Å²) in [6.07, 6.45) is 0.988. The Hall–Kier alpha value is -1.06. The maximum absolute atomic E-state index is 6.17. The van der Waals surface area contributed by atoms with E-state index in [1.807, 2.05) is 45.0 Å². The molecule has 1 rings (SSSR count). The van der Waals surface area contributed by atoms with Gasteiger partial charge in [-0.1, -0.05) is 25.1 Å². The van der Waals surface area contributed by atoms with Gasteiger partial charge in [0, 0.05) is 5.56 Å². The van der Waals surface area contributed by atoms with Crippen LogP contribution in [0.2, 0.25) is 0 Å². The normalized spacial score (nSPS) is 13.4. The Morgan fingerprint density at radius 2 is 1.89 bits per heavy atom. The van der Waals surface area contributed by atoms with E-state index in [9.17, 15) is 0 Å². The minimum atomic E-state index is -0.170. The van der Waals surface area contributed by atoms with Gasteiger partial charge in [-0.25, -0.2) is 0 Å². The van der Waals surface area contributed by atoms with E-state index in [1.54, 1.807) is 0 Å². The summed E-state index contributed by atoms with van der Waals surface area (Å²) in [5, 5.41) is 0. The molecule has 1 unspecified atom stereocenters. The van der Waals surface area contributed by atoms with Crippen molar-refractivity contribution in [2.24, 2.45) is 5.73 Å². The molecule has 2 N–H and O–H groups in total. The Balaban J connectivity index is 2.69. The molecule has 3 heteroatoms. The van der Waals surface area contributed by atoms with E-state index in [-0.39, 0.29) is 11.6 Å². The van der Waals surface area contributed by atoms with Crippen LogP contribution in [0.15, 0.2) is 24.3 Å². The molecule has 18 heavy (non-hydrogen) atoms. The topological polar surface area (TPSA) is 44.5 Å². The van der Waals surface area contributed by atoms with E-state index < -0.39 is 0 Å². The molecular weight excluding hydrogens is 226 g/mol. The zero-order chi connectivity index (χ0) is 13.6. The van der Waals surface area contributed by atoms with Crippen LogP contribution in [0, 0.1) is 0 Å². The molecule has 102 valence electrons.